The smallest absolute Gasteiger partial charge is 0.309 e. The molecule has 4 N–H and O–H groups in total. The molecule has 1 aromatic carbocycles. The lowest BCUT2D eigenvalue weighted by molar-refractivity contribution is 0.256. The summed E-state index contributed by atoms with van der Waals surface area (Å²) in [6.45, 7) is 2.18. The van der Waals surface area contributed by atoms with Crippen LogP contribution in [-0.4, -0.2) is 40.6 Å². The molecule has 0 unspecified atom stereocenters. The Morgan fingerprint density at radius 2 is 1.80 bits per heavy atom. The van der Waals surface area contributed by atoms with Crippen LogP contribution in [0.3, 0.4) is 0 Å². The van der Waals surface area contributed by atoms with E-state index >= 15 is 0 Å². The number of rotatable bonds is 1. The quantitative estimate of drug-likeness (QED) is 0.823. The lowest BCUT2D eigenvalue weighted by Gasteiger charge is -2.28. The first-order valence-corrected chi connectivity index (χ1v) is 7.41. The first-order chi connectivity index (χ1) is 9.68. The van der Waals surface area contributed by atoms with E-state index in [9.17, 15) is 0 Å². The van der Waals surface area contributed by atoms with Crippen LogP contribution in [0.1, 0.15) is 0 Å². The second-order valence-electron chi connectivity index (χ2n) is 4.22. The first-order valence-electron chi connectivity index (χ1n) is 6.26. The summed E-state index contributed by atoms with van der Waals surface area (Å²) < 4.78 is 0. The molecule has 1 saturated heterocycles. The van der Waals surface area contributed by atoms with Gasteiger partial charge in [-0.25, -0.2) is 14.8 Å². The number of carbonyl (C=O) groups excluding carboxylic acids is 1. The summed E-state index contributed by atoms with van der Waals surface area (Å²) in [6.07, 6.45) is 1.67. The maximum atomic E-state index is 9.00. The molecule has 106 valence electrons. The van der Waals surface area contributed by atoms with Crippen molar-refractivity contribution in [3.8, 4) is 0 Å². The summed E-state index contributed by atoms with van der Waals surface area (Å²) in [5.74, 6) is 3.47. The maximum absolute atomic E-state index is 9.00. The highest BCUT2D eigenvalue weighted by Crippen LogP contribution is 2.24. The van der Waals surface area contributed by atoms with E-state index in [0.29, 0.717) is 0 Å². The van der Waals surface area contributed by atoms with Gasteiger partial charge in [0.15, 0.2) is 0 Å². The number of fused-ring (bicyclic) bond motifs is 1. The van der Waals surface area contributed by atoms with Gasteiger partial charge in [-0.05, 0) is 12.1 Å². The molecule has 1 aliphatic heterocycles. The first kappa shape index (κ1) is 14.4. The molecule has 20 heavy (non-hydrogen) atoms. The summed E-state index contributed by atoms with van der Waals surface area (Å²) in [6, 6.07) is 7.38. The van der Waals surface area contributed by atoms with Gasteiger partial charge in [0.1, 0.15) is 12.1 Å². The summed E-state index contributed by atoms with van der Waals surface area (Å²) in [4.78, 5) is 20.1. The standard InChI is InChI=1S/C12H13N3S.CH4N2O/c1-2-4-11-10(3-1)12(14-9-13-11)15-5-7-16-8-6-15;2-1(3)4/h1-4,9H,5-8H2;(H4,2,3,4). The number of nitrogens with zero attached hydrogens (tertiary/aromatic N) is 3. The van der Waals surface area contributed by atoms with E-state index in [0.717, 1.165) is 29.8 Å². The molecule has 2 heterocycles. The van der Waals surface area contributed by atoms with Crippen molar-refractivity contribution in [3.05, 3.63) is 30.6 Å². The van der Waals surface area contributed by atoms with Gasteiger partial charge >= 0.3 is 6.03 Å². The van der Waals surface area contributed by atoms with Crippen LogP contribution in [0.25, 0.3) is 10.9 Å². The number of urea groups is 1. The second-order valence-corrected chi connectivity index (χ2v) is 5.44. The van der Waals surface area contributed by atoms with E-state index in [-0.39, 0.29) is 0 Å². The van der Waals surface area contributed by atoms with Gasteiger partial charge in [0.05, 0.1) is 5.52 Å². The topological polar surface area (TPSA) is 98.1 Å². The highest BCUT2D eigenvalue weighted by Gasteiger charge is 2.14. The van der Waals surface area contributed by atoms with Crippen molar-refractivity contribution in [3.63, 3.8) is 0 Å². The number of carbonyl (C=O) groups is 1. The molecule has 1 aliphatic rings. The molecule has 0 atom stereocenters. The third-order valence-corrected chi connectivity index (χ3v) is 3.77. The van der Waals surface area contributed by atoms with E-state index in [2.05, 4.69) is 32.4 Å². The molecule has 2 amide bonds. The predicted octanol–water partition coefficient (Wildman–Crippen LogP) is 1.21. The Labute approximate surface area is 121 Å². The minimum atomic E-state index is -0.833. The Morgan fingerprint density at radius 3 is 2.50 bits per heavy atom. The second kappa shape index (κ2) is 6.95. The van der Waals surface area contributed by atoms with Crippen LogP contribution in [0.4, 0.5) is 10.6 Å². The van der Waals surface area contributed by atoms with Gasteiger partial charge in [0.2, 0.25) is 0 Å². The molecule has 0 spiro atoms. The lowest BCUT2D eigenvalue weighted by Crippen LogP contribution is -2.33. The number of nitrogens with two attached hydrogens (primary N) is 2. The van der Waals surface area contributed by atoms with Gasteiger partial charge < -0.3 is 16.4 Å². The Bertz CT molecular complexity index is 576. The minimum absolute atomic E-state index is 0.833. The summed E-state index contributed by atoms with van der Waals surface area (Å²) in [5.41, 5.74) is 9.53. The number of para-hydroxylation sites is 1. The molecule has 1 aromatic heterocycles. The zero-order valence-corrected chi connectivity index (χ0v) is 11.8. The van der Waals surface area contributed by atoms with Crippen LogP contribution in [0.15, 0.2) is 30.6 Å². The number of benzene rings is 1. The molecule has 0 saturated carbocycles. The van der Waals surface area contributed by atoms with Crippen molar-refractivity contribution >= 4 is 34.5 Å². The maximum Gasteiger partial charge on any atom is 0.309 e. The van der Waals surface area contributed by atoms with Crippen molar-refractivity contribution in [2.24, 2.45) is 11.5 Å². The Kier molecular flexibility index (Phi) is 5.00. The fraction of sp³-hybridized carbons (Fsp3) is 0.308. The van der Waals surface area contributed by atoms with Crippen LogP contribution in [0, 0.1) is 0 Å². The average molecular weight is 291 g/mol. The molecule has 3 rings (SSSR count). The lowest BCUT2D eigenvalue weighted by atomic mass is 10.2. The predicted molar refractivity (Wildman–Crippen MR) is 82.8 cm³/mol. The van der Waals surface area contributed by atoms with Crippen LogP contribution in [0.5, 0.6) is 0 Å². The zero-order valence-electron chi connectivity index (χ0n) is 11.0. The number of hydrogen-bond acceptors (Lipinski definition) is 5. The molecule has 0 bridgehead atoms. The molecule has 6 nitrogen and oxygen atoms in total. The summed E-state index contributed by atoms with van der Waals surface area (Å²) in [5, 5.41) is 1.16. The van der Waals surface area contributed by atoms with Gasteiger partial charge in [-0.3, -0.25) is 0 Å². The van der Waals surface area contributed by atoms with Crippen LogP contribution < -0.4 is 16.4 Å². The number of hydrogen-bond donors (Lipinski definition) is 2. The molecule has 0 aliphatic carbocycles. The van der Waals surface area contributed by atoms with Gasteiger partial charge in [0.25, 0.3) is 0 Å². The third-order valence-electron chi connectivity index (χ3n) is 2.83. The van der Waals surface area contributed by atoms with Crippen LogP contribution in [0.2, 0.25) is 0 Å². The molecule has 0 radical (unpaired) electrons. The van der Waals surface area contributed by atoms with E-state index in [4.69, 9.17) is 4.79 Å². The highest BCUT2D eigenvalue weighted by molar-refractivity contribution is 7.99. The van der Waals surface area contributed by atoms with Crippen molar-refractivity contribution in [2.75, 3.05) is 29.5 Å². The Hall–Kier alpha value is -2.02. The van der Waals surface area contributed by atoms with Crippen molar-refractivity contribution < 1.29 is 4.79 Å². The number of primary amides is 2. The third kappa shape index (κ3) is 3.74. The van der Waals surface area contributed by atoms with Gasteiger partial charge in [-0.15, -0.1) is 0 Å². The van der Waals surface area contributed by atoms with Gasteiger partial charge in [0, 0.05) is 30.0 Å². The van der Waals surface area contributed by atoms with Crippen LogP contribution in [-0.2, 0) is 0 Å². The fourth-order valence-electron chi connectivity index (χ4n) is 2.02. The normalized spacial score (nSPS) is 14.5. The number of thioether (sulfide) groups is 1. The van der Waals surface area contributed by atoms with E-state index < -0.39 is 6.03 Å². The summed E-state index contributed by atoms with van der Waals surface area (Å²) in [7, 11) is 0. The van der Waals surface area contributed by atoms with Crippen molar-refractivity contribution in [1.29, 1.82) is 0 Å². The van der Waals surface area contributed by atoms with Crippen LogP contribution >= 0.6 is 11.8 Å². The molecule has 1 fully saturated rings. The molecular formula is C13H17N5OS. The molecule has 7 heteroatoms. The van der Waals surface area contributed by atoms with Gasteiger partial charge in [-0.1, -0.05) is 12.1 Å². The molecule has 2 aromatic rings. The average Bonchev–Trinajstić information content (AvgIpc) is 2.47. The SMILES string of the molecule is NC(N)=O.c1ccc2c(N3CCSCC3)ncnc2c1. The highest BCUT2D eigenvalue weighted by atomic mass is 32.2. The number of amides is 2. The van der Waals surface area contributed by atoms with E-state index in [1.807, 2.05) is 30.0 Å². The van der Waals surface area contributed by atoms with E-state index in [1.165, 1.54) is 11.5 Å². The van der Waals surface area contributed by atoms with Gasteiger partial charge in [-0.2, -0.15) is 11.8 Å². The Morgan fingerprint density at radius 1 is 1.15 bits per heavy atom. The zero-order chi connectivity index (χ0) is 14.4. The van der Waals surface area contributed by atoms with Crippen molar-refractivity contribution in [1.82, 2.24) is 9.97 Å². The minimum Gasteiger partial charge on any atom is -0.354 e. The monoisotopic (exact) mass is 291 g/mol. The summed E-state index contributed by atoms with van der Waals surface area (Å²) >= 11 is 2.01. The fourth-order valence-corrected chi connectivity index (χ4v) is 2.92. The number of anilines is 1. The van der Waals surface area contributed by atoms with E-state index in [1.54, 1.807) is 6.33 Å². The van der Waals surface area contributed by atoms with Crippen molar-refractivity contribution in [2.45, 2.75) is 0 Å². The number of aromatic nitrogens is 2. The molecular weight excluding hydrogens is 274 g/mol. The largest absolute Gasteiger partial charge is 0.354 e. The Balaban J connectivity index is 0.000000328.